The van der Waals surface area contributed by atoms with Gasteiger partial charge in [0.25, 0.3) is 0 Å². The van der Waals surface area contributed by atoms with E-state index in [0.717, 1.165) is 37.4 Å². The first-order valence-electron chi connectivity index (χ1n) is 6.52. The second-order valence-electron chi connectivity index (χ2n) is 4.17. The maximum atomic E-state index is 5.62. The highest BCUT2D eigenvalue weighted by molar-refractivity contribution is 5.43. The van der Waals surface area contributed by atoms with Gasteiger partial charge in [0.15, 0.2) is 11.5 Å². The monoisotopic (exact) mass is 268 g/mol. The first kappa shape index (κ1) is 15.8. The van der Waals surface area contributed by atoms with Crippen LogP contribution in [-0.4, -0.2) is 27.4 Å². The fraction of sp³-hybridized carbons (Fsp3) is 0.571. The largest absolute Gasteiger partial charge is 0.493 e. The van der Waals surface area contributed by atoms with Crippen molar-refractivity contribution in [3.63, 3.8) is 0 Å². The van der Waals surface area contributed by atoms with Gasteiger partial charge >= 0.3 is 0 Å². The molecule has 0 aliphatic rings. The number of ether oxygens (including phenoxy) is 3. The van der Waals surface area contributed by atoms with Gasteiger partial charge in [-0.3, -0.25) is 11.3 Å². The van der Waals surface area contributed by atoms with E-state index in [2.05, 4.69) is 5.43 Å². The van der Waals surface area contributed by atoms with Crippen molar-refractivity contribution < 1.29 is 14.2 Å². The number of methoxy groups -OCH3 is 2. The van der Waals surface area contributed by atoms with Crippen LogP contribution in [0.4, 0.5) is 0 Å². The third kappa shape index (κ3) is 4.70. The molecule has 1 aromatic carbocycles. The van der Waals surface area contributed by atoms with Gasteiger partial charge in [-0.25, -0.2) is 0 Å². The molecule has 0 saturated carbocycles. The van der Waals surface area contributed by atoms with Crippen molar-refractivity contribution in [1.82, 2.24) is 5.43 Å². The van der Waals surface area contributed by atoms with Crippen LogP contribution < -0.4 is 20.7 Å². The molecule has 0 saturated heterocycles. The highest BCUT2D eigenvalue weighted by Gasteiger charge is 2.12. The smallest absolute Gasteiger partial charge is 0.161 e. The number of benzene rings is 1. The minimum Gasteiger partial charge on any atom is -0.493 e. The van der Waals surface area contributed by atoms with Crippen molar-refractivity contribution in [2.45, 2.75) is 25.8 Å². The summed E-state index contributed by atoms with van der Waals surface area (Å²) in [7, 11) is 3.25. The normalized spacial score (nSPS) is 12.2. The number of nitrogens with one attached hydrogen (secondary N) is 1. The molecule has 5 nitrogen and oxygen atoms in total. The predicted molar refractivity (Wildman–Crippen MR) is 75.3 cm³/mol. The lowest BCUT2D eigenvalue weighted by atomic mass is 10.0. The standard InChI is InChI=1S/C14H24N2O3/c1-4-19-9-5-6-12(16-15)11-7-8-13(17-2)14(10-11)18-3/h7-8,10,12,16H,4-6,9,15H2,1-3H3. The Morgan fingerprint density at radius 1 is 1.21 bits per heavy atom. The maximum absolute atomic E-state index is 5.62. The summed E-state index contributed by atoms with van der Waals surface area (Å²) < 4.78 is 15.8. The number of hydrazine groups is 1. The van der Waals surface area contributed by atoms with Crippen molar-refractivity contribution in [3.05, 3.63) is 23.8 Å². The van der Waals surface area contributed by atoms with E-state index in [-0.39, 0.29) is 6.04 Å². The van der Waals surface area contributed by atoms with E-state index < -0.39 is 0 Å². The Kier molecular flexibility index (Phi) is 7.25. The zero-order chi connectivity index (χ0) is 14.1. The van der Waals surface area contributed by atoms with E-state index in [0.29, 0.717) is 5.75 Å². The molecule has 108 valence electrons. The second-order valence-corrected chi connectivity index (χ2v) is 4.17. The molecule has 3 N–H and O–H groups in total. The van der Waals surface area contributed by atoms with E-state index in [1.165, 1.54) is 0 Å². The van der Waals surface area contributed by atoms with E-state index in [9.17, 15) is 0 Å². The van der Waals surface area contributed by atoms with E-state index >= 15 is 0 Å². The summed E-state index contributed by atoms with van der Waals surface area (Å²) >= 11 is 0. The lowest BCUT2D eigenvalue weighted by molar-refractivity contribution is 0.141. The highest BCUT2D eigenvalue weighted by Crippen LogP contribution is 2.30. The first-order valence-corrected chi connectivity index (χ1v) is 6.52. The first-order chi connectivity index (χ1) is 9.26. The Morgan fingerprint density at radius 2 is 1.95 bits per heavy atom. The molecule has 5 heteroatoms. The second kappa shape index (κ2) is 8.74. The third-order valence-corrected chi connectivity index (χ3v) is 3.00. The van der Waals surface area contributed by atoms with Crippen LogP contribution in [-0.2, 0) is 4.74 Å². The Bertz CT molecular complexity index is 372. The molecule has 0 radical (unpaired) electrons. The van der Waals surface area contributed by atoms with Gasteiger partial charge in [0.2, 0.25) is 0 Å². The Labute approximate surface area is 115 Å². The molecule has 1 atom stereocenters. The quantitative estimate of drug-likeness (QED) is 0.407. The number of hydrogen-bond donors (Lipinski definition) is 2. The fourth-order valence-electron chi connectivity index (χ4n) is 1.95. The van der Waals surface area contributed by atoms with Crippen LogP contribution in [0.1, 0.15) is 31.4 Å². The molecule has 1 unspecified atom stereocenters. The Hall–Kier alpha value is -1.30. The van der Waals surface area contributed by atoms with Crippen molar-refractivity contribution >= 4 is 0 Å². The average Bonchev–Trinajstić information content (AvgIpc) is 2.46. The van der Waals surface area contributed by atoms with Crippen LogP contribution in [0.25, 0.3) is 0 Å². The lowest BCUT2D eigenvalue weighted by Crippen LogP contribution is -2.28. The SMILES string of the molecule is CCOCCCC(NN)c1ccc(OC)c(OC)c1. The number of hydrogen-bond acceptors (Lipinski definition) is 5. The Balaban J connectivity index is 2.69. The summed E-state index contributed by atoms with van der Waals surface area (Å²) in [6.45, 7) is 3.49. The molecule has 0 aliphatic heterocycles. The lowest BCUT2D eigenvalue weighted by Gasteiger charge is -2.18. The van der Waals surface area contributed by atoms with Crippen LogP contribution in [0.5, 0.6) is 11.5 Å². The molecule has 1 rings (SSSR count). The summed E-state index contributed by atoms with van der Waals surface area (Å²) in [6.07, 6.45) is 1.86. The van der Waals surface area contributed by atoms with Crippen molar-refractivity contribution in [1.29, 1.82) is 0 Å². The summed E-state index contributed by atoms with van der Waals surface area (Å²) in [5, 5.41) is 0. The van der Waals surface area contributed by atoms with Gasteiger partial charge in [-0.05, 0) is 37.5 Å². The third-order valence-electron chi connectivity index (χ3n) is 3.00. The van der Waals surface area contributed by atoms with Gasteiger partial charge in [-0.15, -0.1) is 0 Å². The molecule has 0 aromatic heterocycles. The highest BCUT2D eigenvalue weighted by atomic mass is 16.5. The molecule has 0 heterocycles. The zero-order valence-electron chi connectivity index (χ0n) is 11.9. The zero-order valence-corrected chi connectivity index (χ0v) is 11.9. The minimum atomic E-state index is 0.0836. The van der Waals surface area contributed by atoms with Crippen LogP contribution >= 0.6 is 0 Å². The predicted octanol–water partition coefficient (Wildman–Crippen LogP) is 2.02. The van der Waals surface area contributed by atoms with Crippen LogP contribution in [0.15, 0.2) is 18.2 Å². The molecule has 0 spiro atoms. The van der Waals surface area contributed by atoms with Crippen LogP contribution in [0, 0.1) is 0 Å². The van der Waals surface area contributed by atoms with Crippen molar-refractivity contribution in [2.24, 2.45) is 5.84 Å². The van der Waals surface area contributed by atoms with Gasteiger partial charge in [0.05, 0.1) is 14.2 Å². The van der Waals surface area contributed by atoms with E-state index in [1.807, 2.05) is 25.1 Å². The molecule has 1 aromatic rings. The fourth-order valence-corrected chi connectivity index (χ4v) is 1.95. The molecule has 0 bridgehead atoms. The summed E-state index contributed by atoms with van der Waals surface area (Å²) in [5.74, 6) is 7.05. The summed E-state index contributed by atoms with van der Waals surface area (Å²) in [4.78, 5) is 0. The molecular weight excluding hydrogens is 244 g/mol. The molecule has 0 amide bonds. The van der Waals surface area contributed by atoms with Gasteiger partial charge < -0.3 is 14.2 Å². The average molecular weight is 268 g/mol. The van der Waals surface area contributed by atoms with Gasteiger partial charge in [-0.2, -0.15) is 0 Å². The topological polar surface area (TPSA) is 65.7 Å². The van der Waals surface area contributed by atoms with Gasteiger partial charge in [-0.1, -0.05) is 6.07 Å². The van der Waals surface area contributed by atoms with E-state index in [1.54, 1.807) is 14.2 Å². The minimum absolute atomic E-state index is 0.0836. The van der Waals surface area contributed by atoms with Crippen molar-refractivity contribution in [2.75, 3.05) is 27.4 Å². The van der Waals surface area contributed by atoms with Crippen molar-refractivity contribution in [3.8, 4) is 11.5 Å². The molecular formula is C14H24N2O3. The van der Waals surface area contributed by atoms with Gasteiger partial charge in [0, 0.05) is 19.3 Å². The maximum Gasteiger partial charge on any atom is 0.161 e. The van der Waals surface area contributed by atoms with Gasteiger partial charge in [0.1, 0.15) is 0 Å². The molecule has 0 fully saturated rings. The number of nitrogens with two attached hydrogens (primary N) is 1. The summed E-state index contributed by atoms with van der Waals surface area (Å²) in [5.41, 5.74) is 3.91. The van der Waals surface area contributed by atoms with E-state index in [4.69, 9.17) is 20.1 Å². The summed E-state index contributed by atoms with van der Waals surface area (Å²) in [6, 6.07) is 5.91. The van der Waals surface area contributed by atoms with Crippen LogP contribution in [0.3, 0.4) is 0 Å². The number of rotatable bonds is 9. The Morgan fingerprint density at radius 3 is 2.53 bits per heavy atom. The molecule has 19 heavy (non-hydrogen) atoms. The molecule has 0 aliphatic carbocycles. The van der Waals surface area contributed by atoms with Crippen LogP contribution in [0.2, 0.25) is 0 Å².